The number of nitrogens with zero attached hydrogens (tertiary/aromatic N) is 2. The lowest BCUT2D eigenvalue weighted by atomic mass is 10.2. The fraction of sp³-hybridized carbons (Fsp3) is 0.455. The summed E-state index contributed by atoms with van der Waals surface area (Å²) in [6.07, 6.45) is 1.39. The van der Waals surface area contributed by atoms with Crippen LogP contribution in [0.1, 0.15) is 17.3 Å². The summed E-state index contributed by atoms with van der Waals surface area (Å²) in [5.74, 6) is -0.144. The van der Waals surface area contributed by atoms with E-state index in [-0.39, 0.29) is 11.6 Å². The molecule has 2 rings (SSSR count). The Hall–Kier alpha value is -1.62. The van der Waals surface area contributed by atoms with Crippen LogP contribution in [0.15, 0.2) is 18.3 Å². The van der Waals surface area contributed by atoms with Crippen molar-refractivity contribution in [3.05, 3.63) is 23.9 Å². The van der Waals surface area contributed by atoms with E-state index in [1.54, 1.807) is 12.1 Å². The first-order valence-corrected chi connectivity index (χ1v) is 5.22. The molecule has 0 aromatic carbocycles. The van der Waals surface area contributed by atoms with E-state index in [1.165, 1.54) is 6.20 Å². The maximum atomic E-state index is 10.7. The lowest BCUT2D eigenvalue weighted by Gasteiger charge is -2.34. The van der Waals surface area contributed by atoms with Crippen LogP contribution in [0.4, 0.5) is 5.82 Å². The van der Waals surface area contributed by atoms with Crippen molar-refractivity contribution in [3.63, 3.8) is 0 Å². The Kier molecular flexibility index (Phi) is 3.05. The van der Waals surface area contributed by atoms with E-state index in [4.69, 9.17) is 9.84 Å². The number of aromatic nitrogens is 1. The second-order valence-electron chi connectivity index (χ2n) is 3.83. The molecule has 1 N–H and O–H groups in total. The molecule has 0 radical (unpaired) electrons. The number of rotatable bonds is 2. The topological polar surface area (TPSA) is 62.7 Å². The molecule has 1 aliphatic heterocycles. The summed E-state index contributed by atoms with van der Waals surface area (Å²) in [6.45, 7) is 4.22. The van der Waals surface area contributed by atoms with Gasteiger partial charge in [-0.2, -0.15) is 0 Å². The highest BCUT2D eigenvalue weighted by molar-refractivity contribution is 5.87. The molecule has 1 aromatic heterocycles. The van der Waals surface area contributed by atoms with Gasteiger partial charge < -0.3 is 14.7 Å². The van der Waals surface area contributed by atoms with Crippen LogP contribution in [-0.4, -0.2) is 41.9 Å². The molecule has 0 unspecified atom stereocenters. The Morgan fingerprint density at radius 1 is 1.62 bits per heavy atom. The van der Waals surface area contributed by atoms with Crippen molar-refractivity contribution in [2.24, 2.45) is 0 Å². The molecule has 0 bridgehead atoms. The Bertz CT molecular complexity index is 377. The molecule has 86 valence electrons. The minimum atomic E-state index is -0.950. The van der Waals surface area contributed by atoms with Crippen molar-refractivity contribution in [1.29, 1.82) is 0 Å². The number of hydrogen-bond donors (Lipinski definition) is 1. The third-order valence-corrected chi connectivity index (χ3v) is 2.66. The molecule has 5 heteroatoms. The molecule has 0 spiro atoms. The van der Waals surface area contributed by atoms with Gasteiger partial charge >= 0.3 is 5.97 Å². The van der Waals surface area contributed by atoms with Gasteiger partial charge in [0.05, 0.1) is 24.8 Å². The minimum Gasteiger partial charge on any atom is -0.478 e. The number of carbonyl (C=O) groups is 1. The Morgan fingerprint density at radius 3 is 3.00 bits per heavy atom. The summed E-state index contributed by atoms with van der Waals surface area (Å²) in [6, 6.07) is 3.59. The van der Waals surface area contributed by atoms with E-state index >= 15 is 0 Å². The smallest absolute Gasteiger partial charge is 0.337 e. The van der Waals surface area contributed by atoms with Crippen LogP contribution in [0.2, 0.25) is 0 Å². The van der Waals surface area contributed by atoms with Crippen LogP contribution in [0, 0.1) is 0 Å². The molecule has 0 saturated carbocycles. The van der Waals surface area contributed by atoms with Crippen molar-refractivity contribution in [2.45, 2.75) is 13.0 Å². The molecule has 0 aliphatic carbocycles. The molecule has 0 amide bonds. The molecule has 1 fully saturated rings. The van der Waals surface area contributed by atoms with Crippen LogP contribution in [0.3, 0.4) is 0 Å². The number of pyridine rings is 1. The van der Waals surface area contributed by atoms with Crippen LogP contribution in [0.25, 0.3) is 0 Å². The largest absolute Gasteiger partial charge is 0.478 e. The van der Waals surface area contributed by atoms with E-state index in [0.29, 0.717) is 13.2 Å². The van der Waals surface area contributed by atoms with E-state index in [9.17, 15) is 4.79 Å². The Morgan fingerprint density at radius 2 is 2.44 bits per heavy atom. The Labute approximate surface area is 93.7 Å². The molecular formula is C11H14N2O3. The van der Waals surface area contributed by atoms with Gasteiger partial charge in [-0.25, -0.2) is 9.78 Å². The summed E-state index contributed by atoms with van der Waals surface area (Å²) in [7, 11) is 0. The predicted octanol–water partition coefficient (Wildman–Crippen LogP) is 1.00. The highest BCUT2D eigenvalue weighted by Gasteiger charge is 2.20. The Balaban J connectivity index is 2.17. The van der Waals surface area contributed by atoms with Crippen molar-refractivity contribution in [2.75, 3.05) is 24.7 Å². The summed E-state index contributed by atoms with van der Waals surface area (Å²) in [5.41, 5.74) is 0.213. The molecule has 1 aliphatic rings. The lowest BCUT2D eigenvalue weighted by Crippen LogP contribution is -2.44. The number of hydrogen-bond acceptors (Lipinski definition) is 4. The second kappa shape index (κ2) is 4.49. The van der Waals surface area contributed by atoms with E-state index < -0.39 is 5.97 Å². The highest BCUT2D eigenvalue weighted by Crippen LogP contribution is 2.17. The zero-order valence-electron chi connectivity index (χ0n) is 9.09. The summed E-state index contributed by atoms with van der Waals surface area (Å²) in [4.78, 5) is 17.0. The fourth-order valence-electron chi connectivity index (χ4n) is 1.75. The summed E-state index contributed by atoms with van der Waals surface area (Å²) in [5, 5.41) is 8.76. The van der Waals surface area contributed by atoms with Gasteiger partial charge in [0.2, 0.25) is 0 Å². The minimum absolute atomic E-state index is 0.213. The quantitative estimate of drug-likeness (QED) is 0.809. The normalized spacial score (nSPS) is 20.8. The van der Waals surface area contributed by atoms with E-state index in [2.05, 4.69) is 16.8 Å². The van der Waals surface area contributed by atoms with Crippen molar-refractivity contribution in [3.8, 4) is 0 Å². The molecule has 1 atom stereocenters. The van der Waals surface area contributed by atoms with Gasteiger partial charge in [0.25, 0.3) is 0 Å². The molecular weight excluding hydrogens is 208 g/mol. The number of morpholine rings is 1. The highest BCUT2D eigenvalue weighted by atomic mass is 16.5. The average molecular weight is 222 g/mol. The third kappa shape index (κ3) is 2.14. The van der Waals surface area contributed by atoms with Crippen LogP contribution >= 0.6 is 0 Å². The SMILES string of the molecule is C[C@@H]1COCCN1c1ccc(C(=O)O)cn1. The first-order chi connectivity index (χ1) is 7.68. The van der Waals surface area contributed by atoms with Crippen molar-refractivity contribution >= 4 is 11.8 Å². The number of anilines is 1. The van der Waals surface area contributed by atoms with Gasteiger partial charge in [0, 0.05) is 12.7 Å². The third-order valence-electron chi connectivity index (χ3n) is 2.66. The van der Waals surface area contributed by atoms with Crippen molar-refractivity contribution in [1.82, 2.24) is 4.98 Å². The zero-order valence-corrected chi connectivity index (χ0v) is 9.09. The molecule has 1 aromatic rings. The van der Waals surface area contributed by atoms with Gasteiger partial charge in [0.1, 0.15) is 5.82 Å². The van der Waals surface area contributed by atoms with Crippen LogP contribution in [0.5, 0.6) is 0 Å². The number of carboxylic acid groups (broad SMARTS) is 1. The van der Waals surface area contributed by atoms with Gasteiger partial charge in [-0.05, 0) is 19.1 Å². The monoisotopic (exact) mass is 222 g/mol. The molecule has 5 nitrogen and oxygen atoms in total. The predicted molar refractivity (Wildman–Crippen MR) is 58.8 cm³/mol. The molecule has 2 heterocycles. The van der Waals surface area contributed by atoms with Crippen LogP contribution < -0.4 is 4.90 Å². The van der Waals surface area contributed by atoms with E-state index in [1.807, 2.05) is 0 Å². The standard InChI is InChI=1S/C11H14N2O3/c1-8-7-16-5-4-13(8)10-3-2-9(6-12-10)11(14)15/h2-3,6,8H,4-5,7H2,1H3,(H,14,15)/t8-/m1/s1. The first kappa shape index (κ1) is 10.9. The van der Waals surface area contributed by atoms with Gasteiger partial charge in [-0.1, -0.05) is 0 Å². The number of carboxylic acids is 1. The molecule has 1 saturated heterocycles. The van der Waals surface area contributed by atoms with Crippen LogP contribution in [-0.2, 0) is 4.74 Å². The second-order valence-corrected chi connectivity index (χ2v) is 3.83. The maximum Gasteiger partial charge on any atom is 0.337 e. The maximum absolute atomic E-state index is 10.7. The average Bonchev–Trinajstić information content (AvgIpc) is 2.30. The van der Waals surface area contributed by atoms with Gasteiger partial charge in [0.15, 0.2) is 0 Å². The summed E-state index contributed by atoms with van der Waals surface area (Å²) < 4.78 is 5.33. The lowest BCUT2D eigenvalue weighted by molar-refractivity contribution is 0.0696. The molecule has 16 heavy (non-hydrogen) atoms. The van der Waals surface area contributed by atoms with Crippen molar-refractivity contribution < 1.29 is 14.6 Å². The number of ether oxygens (including phenoxy) is 1. The number of aromatic carboxylic acids is 1. The van der Waals surface area contributed by atoms with Gasteiger partial charge in [-0.15, -0.1) is 0 Å². The summed E-state index contributed by atoms with van der Waals surface area (Å²) >= 11 is 0. The first-order valence-electron chi connectivity index (χ1n) is 5.22. The zero-order chi connectivity index (χ0) is 11.5. The van der Waals surface area contributed by atoms with E-state index in [0.717, 1.165) is 12.4 Å². The fourth-order valence-corrected chi connectivity index (χ4v) is 1.75. The van der Waals surface area contributed by atoms with Gasteiger partial charge in [-0.3, -0.25) is 0 Å².